The van der Waals surface area contributed by atoms with Gasteiger partial charge in [0, 0.05) is 0 Å². The van der Waals surface area contributed by atoms with Gasteiger partial charge in [0.25, 0.3) is 0 Å². The van der Waals surface area contributed by atoms with Gasteiger partial charge < -0.3 is 10.2 Å². The number of phenolic OH excluding ortho intramolecular Hbond substituents is 2. The van der Waals surface area contributed by atoms with Crippen molar-refractivity contribution in [1.82, 2.24) is 0 Å². The minimum absolute atomic E-state index is 0.0619. The summed E-state index contributed by atoms with van der Waals surface area (Å²) in [6.07, 6.45) is 0. The van der Waals surface area contributed by atoms with Crippen LogP contribution in [0.5, 0.6) is 11.5 Å². The van der Waals surface area contributed by atoms with Crippen LogP contribution in [0.4, 0.5) is 0 Å². The quantitative estimate of drug-likeness (QED) is 0.876. The highest BCUT2D eigenvalue weighted by atomic mass is 32.2. The Morgan fingerprint density at radius 3 is 1.83 bits per heavy atom. The smallest absolute Gasteiger partial charge is 0.210 e. The first-order chi connectivity index (χ1) is 10.5. The lowest BCUT2D eigenvalue weighted by Crippen LogP contribution is -2.09. The number of benzene rings is 2. The van der Waals surface area contributed by atoms with E-state index in [1.54, 1.807) is 40.7 Å². The van der Waals surface area contributed by atoms with Gasteiger partial charge in [-0.25, -0.2) is 8.42 Å². The maximum atomic E-state index is 13.1. The molecule has 0 unspecified atom stereocenters. The van der Waals surface area contributed by atoms with Gasteiger partial charge in [-0.15, -0.1) is 0 Å². The number of hydrogen-bond donors (Lipinski definition) is 2. The fraction of sp³-hybridized carbons (Fsp3) is 0.333. The van der Waals surface area contributed by atoms with Crippen molar-refractivity contribution in [3.63, 3.8) is 0 Å². The zero-order valence-electron chi connectivity index (χ0n) is 14.3. The minimum Gasteiger partial charge on any atom is -0.507 e. The third kappa shape index (κ3) is 2.59. The van der Waals surface area contributed by atoms with Crippen LogP contribution in [0, 0.1) is 41.5 Å². The van der Waals surface area contributed by atoms with Crippen LogP contribution < -0.4 is 0 Å². The molecule has 0 bridgehead atoms. The van der Waals surface area contributed by atoms with E-state index in [4.69, 9.17) is 0 Å². The average molecular weight is 334 g/mol. The fourth-order valence-corrected chi connectivity index (χ4v) is 4.80. The van der Waals surface area contributed by atoms with E-state index in [-0.39, 0.29) is 21.3 Å². The standard InChI is InChI=1S/C18H22O4S/c1-9-7-11(3)18(17(20)12(9)4)23(21,22)15-8-10(2)16(19)14(6)13(15)5/h7-8,19-20H,1-6H3. The number of aromatic hydroxyl groups is 2. The molecule has 0 aliphatic carbocycles. The van der Waals surface area contributed by atoms with E-state index in [9.17, 15) is 18.6 Å². The van der Waals surface area contributed by atoms with Crippen LogP contribution in [0.15, 0.2) is 21.9 Å². The van der Waals surface area contributed by atoms with Crippen LogP contribution in [-0.2, 0) is 9.84 Å². The van der Waals surface area contributed by atoms with Gasteiger partial charge in [0.2, 0.25) is 9.84 Å². The summed E-state index contributed by atoms with van der Waals surface area (Å²) in [4.78, 5) is 0.0557. The second-order valence-electron chi connectivity index (χ2n) is 6.11. The lowest BCUT2D eigenvalue weighted by Gasteiger charge is -2.17. The summed E-state index contributed by atoms with van der Waals surface area (Å²) in [7, 11) is -3.89. The summed E-state index contributed by atoms with van der Waals surface area (Å²) in [6, 6.07) is 3.22. The molecule has 23 heavy (non-hydrogen) atoms. The number of phenols is 2. The third-order valence-corrected chi connectivity index (χ3v) is 6.58. The Kier molecular flexibility index (Phi) is 4.20. The van der Waals surface area contributed by atoms with Gasteiger partial charge in [0.15, 0.2) is 0 Å². The molecule has 2 aromatic carbocycles. The maximum absolute atomic E-state index is 13.1. The summed E-state index contributed by atoms with van der Waals surface area (Å²) < 4.78 is 26.3. The van der Waals surface area contributed by atoms with E-state index in [1.807, 2.05) is 6.92 Å². The number of sulfone groups is 1. The lowest BCUT2D eigenvalue weighted by atomic mass is 10.1. The molecule has 124 valence electrons. The van der Waals surface area contributed by atoms with E-state index in [0.717, 1.165) is 5.56 Å². The van der Waals surface area contributed by atoms with Crippen LogP contribution in [0.2, 0.25) is 0 Å². The molecule has 2 rings (SSSR count). The van der Waals surface area contributed by atoms with Crippen molar-refractivity contribution in [2.45, 2.75) is 51.3 Å². The van der Waals surface area contributed by atoms with Crippen LogP contribution in [-0.4, -0.2) is 18.6 Å². The predicted molar refractivity (Wildman–Crippen MR) is 90.1 cm³/mol. The Morgan fingerprint density at radius 2 is 1.26 bits per heavy atom. The third-order valence-electron chi connectivity index (χ3n) is 4.52. The van der Waals surface area contributed by atoms with Crippen LogP contribution in [0.25, 0.3) is 0 Å². The average Bonchev–Trinajstić information content (AvgIpc) is 2.46. The van der Waals surface area contributed by atoms with Gasteiger partial charge in [0.1, 0.15) is 16.4 Å². The topological polar surface area (TPSA) is 74.6 Å². The molecular formula is C18H22O4S. The highest BCUT2D eigenvalue weighted by Gasteiger charge is 2.28. The highest BCUT2D eigenvalue weighted by Crippen LogP contribution is 2.39. The molecule has 0 fully saturated rings. The molecule has 0 aliphatic rings. The first kappa shape index (κ1) is 17.3. The van der Waals surface area contributed by atoms with Gasteiger partial charge in [0.05, 0.1) is 4.90 Å². The number of rotatable bonds is 2. The van der Waals surface area contributed by atoms with Crippen molar-refractivity contribution in [2.24, 2.45) is 0 Å². The molecular weight excluding hydrogens is 312 g/mol. The lowest BCUT2D eigenvalue weighted by molar-refractivity contribution is 0.452. The monoisotopic (exact) mass is 334 g/mol. The summed E-state index contributed by atoms with van der Waals surface area (Å²) in [5, 5.41) is 20.4. The Morgan fingerprint density at radius 1 is 0.696 bits per heavy atom. The highest BCUT2D eigenvalue weighted by molar-refractivity contribution is 7.91. The molecule has 4 nitrogen and oxygen atoms in total. The summed E-state index contributed by atoms with van der Waals surface area (Å²) in [6.45, 7) is 10.2. The van der Waals surface area contributed by atoms with Gasteiger partial charge in [-0.2, -0.15) is 0 Å². The van der Waals surface area contributed by atoms with Gasteiger partial charge in [-0.1, -0.05) is 6.07 Å². The molecule has 0 aromatic heterocycles. The molecule has 2 aromatic rings. The molecule has 0 saturated carbocycles. The predicted octanol–water partition coefficient (Wildman–Crippen LogP) is 3.78. The van der Waals surface area contributed by atoms with Crippen LogP contribution >= 0.6 is 0 Å². The van der Waals surface area contributed by atoms with Crippen molar-refractivity contribution in [1.29, 1.82) is 0 Å². The SMILES string of the molecule is Cc1cc(C)c(S(=O)(=O)c2cc(C)c(O)c(C)c2C)c(O)c1C. The molecule has 0 saturated heterocycles. The van der Waals surface area contributed by atoms with Gasteiger partial charge in [-0.05, 0) is 81.0 Å². The molecule has 0 heterocycles. The first-order valence-corrected chi connectivity index (χ1v) is 8.83. The molecule has 0 radical (unpaired) electrons. The maximum Gasteiger partial charge on any atom is 0.210 e. The largest absolute Gasteiger partial charge is 0.507 e. The van der Waals surface area contributed by atoms with Crippen molar-refractivity contribution in [3.8, 4) is 11.5 Å². The normalized spacial score (nSPS) is 11.7. The number of hydrogen-bond acceptors (Lipinski definition) is 4. The Hall–Kier alpha value is -2.01. The summed E-state index contributed by atoms with van der Waals surface area (Å²) in [5.41, 5.74) is 3.42. The van der Waals surface area contributed by atoms with Gasteiger partial charge in [-0.3, -0.25) is 0 Å². The Balaban J connectivity index is 2.88. The van der Waals surface area contributed by atoms with E-state index >= 15 is 0 Å². The van der Waals surface area contributed by atoms with E-state index in [1.165, 1.54) is 6.07 Å². The molecule has 2 N–H and O–H groups in total. The van der Waals surface area contributed by atoms with E-state index < -0.39 is 9.84 Å². The van der Waals surface area contributed by atoms with Gasteiger partial charge >= 0.3 is 0 Å². The first-order valence-electron chi connectivity index (χ1n) is 7.34. The molecule has 0 aliphatic heterocycles. The molecule has 5 heteroatoms. The Labute approximate surface area is 137 Å². The number of aryl methyl sites for hydroxylation is 3. The zero-order chi connectivity index (χ0) is 17.7. The van der Waals surface area contributed by atoms with Crippen molar-refractivity contribution < 1.29 is 18.6 Å². The molecule has 0 spiro atoms. The minimum atomic E-state index is -3.89. The summed E-state index contributed by atoms with van der Waals surface area (Å²) >= 11 is 0. The van der Waals surface area contributed by atoms with Crippen molar-refractivity contribution in [2.75, 3.05) is 0 Å². The van der Waals surface area contributed by atoms with Crippen molar-refractivity contribution >= 4 is 9.84 Å². The Bertz CT molecular complexity index is 910. The van der Waals surface area contributed by atoms with Crippen LogP contribution in [0.3, 0.4) is 0 Å². The fourth-order valence-electron chi connectivity index (χ4n) is 2.80. The van der Waals surface area contributed by atoms with E-state index in [2.05, 4.69) is 0 Å². The van der Waals surface area contributed by atoms with Crippen LogP contribution in [0.1, 0.15) is 33.4 Å². The molecule has 0 atom stereocenters. The molecule has 0 amide bonds. The van der Waals surface area contributed by atoms with E-state index in [0.29, 0.717) is 27.8 Å². The summed E-state index contributed by atoms with van der Waals surface area (Å²) in [5.74, 6) is -0.104. The van der Waals surface area contributed by atoms with Crippen molar-refractivity contribution in [3.05, 3.63) is 45.5 Å². The second kappa shape index (κ2) is 5.57. The second-order valence-corrected chi connectivity index (χ2v) is 7.96. The zero-order valence-corrected chi connectivity index (χ0v) is 15.1.